The molecule has 106 valence electrons. The van der Waals surface area contributed by atoms with Crippen LogP contribution in [0.5, 0.6) is 0 Å². The summed E-state index contributed by atoms with van der Waals surface area (Å²) in [6, 6.07) is 6.75. The lowest BCUT2D eigenvalue weighted by molar-refractivity contribution is -0.504. The van der Waals surface area contributed by atoms with Crippen LogP contribution in [0.3, 0.4) is 0 Å². The summed E-state index contributed by atoms with van der Waals surface area (Å²) in [4.78, 5) is 5.04. The third kappa shape index (κ3) is 3.48. The minimum absolute atomic E-state index is 1.14. The molecule has 0 spiro atoms. The van der Waals surface area contributed by atoms with Gasteiger partial charge in [0.2, 0.25) is 0 Å². The molecule has 1 heterocycles. The molecule has 3 heteroatoms. The summed E-state index contributed by atoms with van der Waals surface area (Å²) >= 11 is 0. The van der Waals surface area contributed by atoms with Crippen LogP contribution in [-0.2, 0) is 6.42 Å². The first kappa shape index (κ1) is 14.4. The highest BCUT2D eigenvalue weighted by molar-refractivity contribution is 5.59. The Morgan fingerprint density at radius 1 is 1.32 bits per heavy atom. The average molecular weight is 261 g/mol. The monoisotopic (exact) mass is 261 g/mol. The van der Waals surface area contributed by atoms with Gasteiger partial charge in [0.25, 0.3) is 0 Å². The highest BCUT2D eigenvalue weighted by atomic mass is 15.2. The first-order valence-electron chi connectivity index (χ1n) is 7.51. The van der Waals surface area contributed by atoms with Crippen molar-refractivity contribution in [2.75, 3.05) is 37.6 Å². The van der Waals surface area contributed by atoms with Crippen LogP contribution >= 0.6 is 0 Å². The second kappa shape index (κ2) is 6.92. The van der Waals surface area contributed by atoms with E-state index < -0.39 is 0 Å². The molecular formula is C16H27N3. The van der Waals surface area contributed by atoms with Crippen molar-refractivity contribution >= 4 is 11.4 Å². The maximum absolute atomic E-state index is 3.86. The number of hydrogen-bond acceptors (Lipinski definition) is 2. The van der Waals surface area contributed by atoms with Crippen molar-refractivity contribution < 1.29 is 5.32 Å². The molecule has 0 amide bonds. The van der Waals surface area contributed by atoms with Gasteiger partial charge in [-0.2, -0.15) is 0 Å². The molecule has 0 saturated heterocycles. The van der Waals surface area contributed by atoms with Crippen LogP contribution in [-0.4, -0.2) is 37.6 Å². The number of fused-ring (bicyclic) bond motifs is 1. The minimum Gasteiger partial charge on any atom is -0.446 e. The van der Waals surface area contributed by atoms with Gasteiger partial charge >= 0.3 is 0 Å². The zero-order valence-electron chi connectivity index (χ0n) is 12.4. The van der Waals surface area contributed by atoms with Crippen molar-refractivity contribution in [1.29, 1.82) is 0 Å². The lowest BCUT2D eigenvalue weighted by atomic mass is 10.0. The summed E-state index contributed by atoms with van der Waals surface area (Å²) in [5.74, 6) is 0. The van der Waals surface area contributed by atoms with Gasteiger partial charge in [0, 0.05) is 31.4 Å². The Kier molecular flexibility index (Phi) is 5.23. The molecule has 0 unspecified atom stereocenters. The molecule has 19 heavy (non-hydrogen) atoms. The topological polar surface area (TPSA) is 23.1 Å². The average Bonchev–Trinajstić information content (AvgIpc) is 2.47. The van der Waals surface area contributed by atoms with E-state index in [2.05, 4.69) is 48.9 Å². The van der Waals surface area contributed by atoms with E-state index in [-0.39, 0.29) is 0 Å². The van der Waals surface area contributed by atoms with Crippen molar-refractivity contribution in [3.63, 3.8) is 0 Å². The molecule has 1 aliphatic heterocycles. The Balaban J connectivity index is 2.05. The number of anilines is 1. The smallest absolute Gasteiger partial charge is 0.103 e. The molecule has 2 N–H and O–H groups in total. The van der Waals surface area contributed by atoms with Crippen molar-refractivity contribution in [2.24, 2.45) is 0 Å². The van der Waals surface area contributed by atoms with Crippen LogP contribution in [0.4, 0.5) is 11.4 Å². The van der Waals surface area contributed by atoms with Crippen LogP contribution in [0.25, 0.3) is 0 Å². The SMILES string of the molecule is [CH2-][NH2+]c1ccc2c(c1)CCCN2CCN(CC)CC. The molecule has 2 rings (SSSR count). The van der Waals surface area contributed by atoms with Crippen molar-refractivity contribution in [3.8, 4) is 0 Å². The predicted molar refractivity (Wildman–Crippen MR) is 81.7 cm³/mol. The Morgan fingerprint density at radius 3 is 2.79 bits per heavy atom. The normalized spacial score (nSPS) is 14.8. The van der Waals surface area contributed by atoms with Gasteiger partial charge in [-0.05, 0) is 43.6 Å². The van der Waals surface area contributed by atoms with Gasteiger partial charge in [-0.25, -0.2) is 0 Å². The molecule has 0 atom stereocenters. The standard InChI is InChI=1S/C16H27N3/c1-4-18(5-2)11-12-19-10-6-7-14-13-15(17-3)8-9-16(14)19/h8-9,13H,3-7,10-12,17H2,1-2H3. The van der Waals surface area contributed by atoms with Gasteiger partial charge in [0.15, 0.2) is 0 Å². The van der Waals surface area contributed by atoms with E-state index in [1.165, 1.54) is 36.3 Å². The Morgan fingerprint density at radius 2 is 2.11 bits per heavy atom. The summed E-state index contributed by atoms with van der Waals surface area (Å²) in [6.07, 6.45) is 2.48. The first-order chi connectivity index (χ1) is 9.28. The number of nitrogens with two attached hydrogens (primary N) is 1. The fraction of sp³-hybridized carbons (Fsp3) is 0.562. The van der Waals surface area contributed by atoms with Crippen molar-refractivity contribution in [2.45, 2.75) is 26.7 Å². The maximum Gasteiger partial charge on any atom is 0.103 e. The molecule has 0 aromatic heterocycles. The van der Waals surface area contributed by atoms with E-state index in [0.29, 0.717) is 0 Å². The van der Waals surface area contributed by atoms with Crippen LogP contribution < -0.4 is 10.2 Å². The van der Waals surface area contributed by atoms with Crippen molar-refractivity contribution in [1.82, 2.24) is 4.90 Å². The van der Waals surface area contributed by atoms with Crippen LogP contribution in [0, 0.1) is 7.05 Å². The Bertz CT molecular complexity index is 399. The third-order valence-corrected chi connectivity index (χ3v) is 4.13. The summed E-state index contributed by atoms with van der Waals surface area (Å²) in [6.45, 7) is 10.3. The van der Waals surface area contributed by atoms with Crippen molar-refractivity contribution in [3.05, 3.63) is 30.8 Å². The highest BCUT2D eigenvalue weighted by Crippen LogP contribution is 2.28. The number of hydrogen-bond donors (Lipinski definition) is 1. The second-order valence-electron chi connectivity index (χ2n) is 5.21. The largest absolute Gasteiger partial charge is 0.446 e. The zero-order chi connectivity index (χ0) is 13.7. The molecule has 0 fully saturated rings. The van der Waals surface area contributed by atoms with Gasteiger partial charge in [-0.15, -0.1) is 7.05 Å². The van der Waals surface area contributed by atoms with Gasteiger partial charge < -0.3 is 15.1 Å². The molecule has 0 bridgehead atoms. The van der Waals surface area contributed by atoms with E-state index in [1.54, 1.807) is 0 Å². The van der Waals surface area contributed by atoms with Crippen LogP contribution in [0.2, 0.25) is 0 Å². The van der Waals surface area contributed by atoms with E-state index in [0.717, 1.165) is 26.2 Å². The van der Waals surface area contributed by atoms with Gasteiger partial charge in [0.1, 0.15) is 5.69 Å². The van der Waals surface area contributed by atoms with E-state index in [9.17, 15) is 0 Å². The first-order valence-corrected chi connectivity index (χ1v) is 7.51. The molecule has 0 saturated carbocycles. The summed E-state index contributed by atoms with van der Waals surface area (Å²) < 4.78 is 0. The molecule has 1 aliphatic rings. The van der Waals surface area contributed by atoms with E-state index >= 15 is 0 Å². The molecule has 1 aromatic carbocycles. The zero-order valence-corrected chi connectivity index (χ0v) is 12.4. The lowest BCUT2D eigenvalue weighted by Gasteiger charge is -2.33. The van der Waals surface area contributed by atoms with E-state index in [1.807, 2.05) is 5.32 Å². The highest BCUT2D eigenvalue weighted by Gasteiger charge is 2.17. The van der Waals surface area contributed by atoms with Crippen LogP contribution in [0.1, 0.15) is 25.8 Å². The molecule has 1 aromatic rings. The Hall–Kier alpha value is -1.06. The number of aryl methyl sites for hydroxylation is 1. The third-order valence-electron chi connectivity index (χ3n) is 4.13. The number of benzene rings is 1. The molecule has 0 aliphatic carbocycles. The van der Waals surface area contributed by atoms with Gasteiger partial charge in [-0.1, -0.05) is 13.8 Å². The predicted octanol–water partition coefficient (Wildman–Crippen LogP) is 1.77. The summed E-state index contributed by atoms with van der Waals surface area (Å²) in [5, 5.41) is 1.94. The summed E-state index contributed by atoms with van der Waals surface area (Å²) in [5.41, 5.74) is 4.16. The summed E-state index contributed by atoms with van der Waals surface area (Å²) in [7, 11) is 3.86. The minimum atomic E-state index is 1.14. The molecular weight excluding hydrogens is 234 g/mol. The fourth-order valence-electron chi connectivity index (χ4n) is 2.86. The molecule has 3 nitrogen and oxygen atoms in total. The number of quaternary nitrogens is 1. The number of rotatable bonds is 6. The Labute approximate surface area is 117 Å². The number of nitrogens with zero attached hydrogens (tertiary/aromatic N) is 2. The fourth-order valence-corrected chi connectivity index (χ4v) is 2.86. The van der Waals surface area contributed by atoms with E-state index in [4.69, 9.17) is 0 Å². The second-order valence-corrected chi connectivity index (χ2v) is 5.21. The van der Waals surface area contributed by atoms with Crippen LogP contribution in [0.15, 0.2) is 18.2 Å². The maximum atomic E-state index is 3.86. The van der Waals surface area contributed by atoms with Gasteiger partial charge in [-0.3, -0.25) is 0 Å². The lowest BCUT2D eigenvalue weighted by Crippen LogP contribution is -2.69. The number of likely N-dealkylation sites (N-methyl/N-ethyl adjacent to an activating group) is 1. The quantitative estimate of drug-likeness (QED) is 0.623. The van der Waals surface area contributed by atoms with Gasteiger partial charge in [0.05, 0.1) is 0 Å². The molecule has 0 radical (unpaired) electrons.